The summed E-state index contributed by atoms with van der Waals surface area (Å²) < 4.78 is 18.2. The normalized spacial score (nSPS) is 14.7. The Morgan fingerprint density at radius 3 is 2.80 bits per heavy atom. The first-order valence-electron chi connectivity index (χ1n) is 4.76. The second-order valence-electron chi connectivity index (χ2n) is 3.90. The molecule has 3 nitrogen and oxygen atoms in total. The maximum atomic E-state index is 12.9. The van der Waals surface area contributed by atoms with Gasteiger partial charge in [0, 0.05) is 12.6 Å². The van der Waals surface area contributed by atoms with Crippen LogP contribution in [0.15, 0.2) is 18.2 Å². The van der Waals surface area contributed by atoms with E-state index >= 15 is 0 Å². The molecule has 1 aromatic carbocycles. The molecule has 0 aliphatic heterocycles. The van der Waals surface area contributed by atoms with E-state index in [1.807, 2.05) is 6.92 Å². The lowest BCUT2D eigenvalue weighted by Crippen LogP contribution is -2.40. The predicted molar refractivity (Wildman–Crippen MR) is 56.3 cm³/mol. The molecular formula is C11H16FNO2. The predicted octanol–water partition coefficient (Wildman–Crippen LogP) is 1.22. The van der Waals surface area contributed by atoms with E-state index in [-0.39, 0.29) is 19.0 Å². The van der Waals surface area contributed by atoms with Gasteiger partial charge in [0.25, 0.3) is 0 Å². The van der Waals surface area contributed by atoms with E-state index in [9.17, 15) is 9.50 Å². The third-order valence-corrected chi connectivity index (χ3v) is 2.13. The van der Waals surface area contributed by atoms with E-state index in [0.717, 1.165) is 5.56 Å². The first-order chi connectivity index (χ1) is 6.94. The van der Waals surface area contributed by atoms with Crippen LogP contribution in [-0.4, -0.2) is 23.9 Å². The first kappa shape index (κ1) is 11.9. The Bertz CT molecular complexity index is 339. The topological polar surface area (TPSA) is 55.5 Å². The molecule has 1 rings (SSSR count). The van der Waals surface area contributed by atoms with Gasteiger partial charge in [0.15, 0.2) is 0 Å². The van der Waals surface area contributed by atoms with Crippen LogP contribution >= 0.6 is 0 Å². The number of hydrogen-bond acceptors (Lipinski definition) is 3. The van der Waals surface area contributed by atoms with Gasteiger partial charge in [-0.15, -0.1) is 0 Å². The highest BCUT2D eigenvalue weighted by Crippen LogP contribution is 2.19. The Balaban J connectivity index is 2.69. The number of aliphatic hydroxyl groups is 1. The van der Waals surface area contributed by atoms with Crippen LogP contribution < -0.4 is 10.5 Å². The molecule has 0 fully saturated rings. The van der Waals surface area contributed by atoms with Gasteiger partial charge in [-0.1, -0.05) is 6.07 Å². The van der Waals surface area contributed by atoms with Gasteiger partial charge in [0.1, 0.15) is 23.8 Å². The number of rotatable bonds is 4. The molecule has 0 radical (unpaired) electrons. The molecule has 0 saturated carbocycles. The third kappa shape index (κ3) is 3.49. The fourth-order valence-electron chi connectivity index (χ4n) is 1.02. The first-order valence-corrected chi connectivity index (χ1v) is 4.76. The lowest BCUT2D eigenvalue weighted by atomic mass is 10.1. The van der Waals surface area contributed by atoms with E-state index < -0.39 is 5.60 Å². The molecule has 0 aliphatic carbocycles. The van der Waals surface area contributed by atoms with Crippen molar-refractivity contribution in [3.8, 4) is 5.75 Å². The molecule has 0 heterocycles. The number of hydrogen-bond donors (Lipinski definition) is 2. The molecule has 0 aliphatic rings. The van der Waals surface area contributed by atoms with Gasteiger partial charge in [-0.25, -0.2) is 4.39 Å². The molecular weight excluding hydrogens is 197 g/mol. The van der Waals surface area contributed by atoms with Gasteiger partial charge in [0.2, 0.25) is 0 Å². The van der Waals surface area contributed by atoms with Crippen LogP contribution in [0.2, 0.25) is 0 Å². The summed E-state index contributed by atoms with van der Waals surface area (Å²) in [6, 6.07) is 4.28. The Morgan fingerprint density at radius 2 is 2.20 bits per heavy atom. The van der Waals surface area contributed by atoms with Crippen molar-refractivity contribution < 1.29 is 14.2 Å². The van der Waals surface area contributed by atoms with E-state index in [2.05, 4.69) is 0 Å². The number of nitrogens with two attached hydrogens (primary N) is 1. The maximum Gasteiger partial charge on any atom is 0.126 e. The van der Waals surface area contributed by atoms with Crippen molar-refractivity contribution in [3.63, 3.8) is 0 Å². The Hall–Kier alpha value is -1.13. The van der Waals surface area contributed by atoms with E-state index in [4.69, 9.17) is 10.5 Å². The fraction of sp³-hybridized carbons (Fsp3) is 0.455. The molecule has 4 heteroatoms. The second-order valence-corrected chi connectivity index (χ2v) is 3.90. The maximum absolute atomic E-state index is 12.9. The highest BCUT2D eigenvalue weighted by molar-refractivity contribution is 5.32. The zero-order valence-corrected chi connectivity index (χ0v) is 8.96. The molecule has 1 aromatic rings. The van der Waals surface area contributed by atoms with E-state index in [1.54, 1.807) is 13.0 Å². The van der Waals surface area contributed by atoms with Crippen LogP contribution in [0.5, 0.6) is 5.75 Å². The average Bonchev–Trinajstić information content (AvgIpc) is 2.20. The molecule has 0 saturated heterocycles. The van der Waals surface area contributed by atoms with Crippen molar-refractivity contribution in [2.75, 3.05) is 13.2 Å². The minimum absolute atomic E-state index is 0.0494. The second kappa shape index (κ2) is 4.59. The van der Waals surface area contributed by atoms with Gasteiger partial charge in [-0.3, -0.25) is 0 Å². The lowest BCUT2D eigenvalue weighted by Gasteiger charge is -2.21. The van der Waals surface area contributed by atoms with Gasteiger partial charge >= 0.3 is 0 Å². The van der Waals surface area contributed by atoms with Crippen molar-refractivity contribution >= 4 is 0 Å². The molecule has 0 spiro atoms. The van der Waals surface area contributed by atoms with Crippen molar-refractivity contribution in [3.05, 3.63) is 29.6 Å². The Morgan fingerprint density at radius 1 is 1.53 bits per heavy atom. The molecule has 0 bridgehead atoms. The van der Waals surface area contributed by atoms with Crippen molar-refractivity contribution in [2.24, 2.45) is 5.73 Å². The van der Waals surface area contributed by atoms with Crippen molar-refractivity contribution in [1.29, 1.82) is 0 Å². The van der Waals surface area contributed by atoms with Crippen LogP contribution in [0.3, 0.4) is 0 Å². The molecule has 0 amide bonds. The van der Waals surface area contributed by atoms with Crippen LogP contribution in [0.25, 0.3) is 0 Å². The number of halogens is 1. The van der Waals surface area contributed by atoms with Crippen LogP contribution in [0.4, 0.5) is 4.39 Å². The number of ether oxygens (including phenoxy) is 1. The summed E-state index contributed by atoms with van der Waals surface area (Å²) >= 11 is 0. The fourth-order valence-corrected chi connectivity index (χ4v) is 1.02. The van der Waals surface area contributed by atoms with Gasteiger partial charge in [0.05, 0.1) is 0 Å². The third-order valence-electron chi connectivity index (χ3n) is 2.13. The lowest BCUT2D eigenvalue weighted by molar-refractivity contribution is 0.0192. The monoisotopic (exact) mass is 213 g/mol. The number of aryl methyl sites for hydroxylation is 1. The molecule has 84 valence electrons. The van der Waals surface area contributed by atoms with Gasteiger partial charge in [-0.05, 0) is 25.5 Å². The summed E-state index contributed by atoms with van der Waals surface area (Å²) in [7, 11) is 0. The summed E-state index contributed by atoms with van der Waals surface area (Å²) in [6.07, 6.45) is 0. The average molecular weight is 213 g/mol. The van der Waals surface area contributed by atoms with Crippen molar-refractivity contribution in [1.82, 2.24) is 0 Å². The SMILES string of the molecule is Cc1ccc(F)cc1OCC(C)(O)CN. The summed E-state index contributed by atoms with van der Waals surface area (Å²) in [5.74, 6) is 0.0757. The van der Waals surface area contributed by atoms with Gasteiger partial charge < -0.3 is 15.6 Å². The number of benzene rings is 1. The summed E-state index contributed by atoms with van der Waals surface area (Å²) in [5.41, 5.74) is 5.07. The largest absolute Gasteiger partial charge is 0.490 e. The quantitative estimate of drug-likeness (QED) is 0.790. The summed E-state index contributed by atoms with van der Waals surface area (Å²) in [6.45, 7) is 3.53. The zero-order chi connectivity index (χ0) is 11.5. The van der Waals surface area contributed by atoms with E-state index in [1.165, 1.54) is 12.1 Å². The van der Waals surface area contributed by atoms with Crippen LogP contribution in [0.1, 0.15) is 12.5 Å². The van der Waals surface area contributed by atoms with Crippen molar-refractivity contribution in [2.45, 2.75) is 19.4 Å². The summed E-state index contributed by atoms with van der Waals surface area (Å²) in [5, 5.41) is 9.60. The van der Waals surface area contributed by atoms with E-state index in [0.29, 0.717) is 5.75 Å². The molecule has 0 aromatic heterocycles. The minimum atomic E-state index is -1.08. The van der Waals surface area contributed by atoms with Crippen LogP contribution in [-0.2, 0) is 0 Å². The standard InChI is InChI=1S/C11H16FNO2/c1-8-3-4-9(12)5-10(8)15-7-11(2,14)6-13/h3-5,14H,6-7,13H2,1-2H3. The molecule has 1 unspecified atom stereocenters. The summed E-state index contributed by atoms with van der Waals surface area (Å²) in [4.78, 5) is 0. The molecule has 3 N–H and O–H groups in total. The zero-order valence-electron chi connectivity index (χ0n) is 8.96. The van der Waals surface area contributed by atoms with Gasteiger partial charge in [-0.2, -0.15) is 0 Å². The highest BCUT2D eigenvalue weighted by Gasteiger charge is 2.19. The minimum Gasteiger partial charge on any atom is -0.490 e. The molecule has 15 heavy (non-hydrogen) atoms. The smallest absolute Gasteiger partial charge is 0.126 e. The van der Waals surface area contributed by atoms with Crippen LogP contribution in [0, 0.1) is 12.7 Å². The molecule has 1 atom stereocenters. The Kier molecular flexibility index (Phi) is 3.66. The highest BCUT2D eigenvalue weighted by atomic mass is 19.1. The Labute approximate surface area is 88.7 Å².